The molecule has 0 bridgehead atoms. The third-order valence-electron chi connectivity index (χ3n) is 5.76. The van der Waals surface area contributed by atoms with E-state index in [9.17, 15) is 0 Å². The second kappa shape index (κ2) is 9.98. The van der Waals surface area contributed by atoms with Gasteiger partial charge in [0, 0.05) is 58.4 Å². The Balaban J connectivity index is 1.51. The molecule has 2 aliphatic rings. The molecule has 156 valence electrons. The molecule has 0 saturated carbocycles. The van der Waals surface area contributed by atoms with Crippen LogP contribution < -0.4 is 15.0 Å². The van der Waals surface area contributed by atoms with Crippen molar-refractivity contribution in [3.63, 3.8) is 0 Å². The smallest absolute Gasteiger partial charge is 0.193 e. The van der Waals surface area contributed by atoms with Gasteiger partial charge >= 0.3 is 0 Å². The number of nitrogens with one attached hydrogen (secondary N) is 1. The lowest BCUT2D eigenvalue weighted by molar-refractivity contribution is -0.0175. The first-order valence-corrected chi connectivity index (χ1v) is 10.3. The van der Waals surface area contributed by atoms with Crippen LogP contribution in [0.2, 0.25) is 0 Å². The van der Waals surface area contributed by atoms with Gasteiger partial charge in [0.1, 0.15) is 5.75 Å². The summed E-state index contributed by atoms with van der Waals surface area (Å²) in [6, 6.07) is 9.16. The molecule has 0 spiro atoms. The highest BCUT2D eigenvalue weighted by atomic mass is 16.5. The third-order valence-corrected chi connectivity index (χ3v) is 5.76. The van der Waals surface area contributed by atoms with E-state index >= 15 is 0 Å². The van der Waals surface area contributed by atoms with Gasteiger partial charge in [-0.2, -0.15) is 0 Å². The number of nitrogens with zero attached hydrogens (tertiary/aromatic N) is 4. The number of anilines is 1. The van der Waals surface area contributed by atoms with E-state index < -0.39 is 0 Å². The molecule has 0 radical (unpaired) electrons. The molecule has 0 aromatic heterocycles. The van der Waals surface area contributed by atoms with Gasteiger partial charge in [-0.3, -0.25) is 9.89 Å². The molecule has 7 heteroatoms. The molecule has 2 unspecified atom stereocenters. The zero-order valence-electron chi connectivity index (χ0n) is 17.7. The van der Waals surface area contributed by atoms with Crippen molar-refractivity contribution < 1.29 is 9.47 Å². The second-order valence-electron chi connectivity index (χ2n) is 7.58. The van der Waals surface area contributed by atoms with Crippen LogP contribution in [0.4, 0.5) is 5.69 Å². The molecule has 2 fully saturated rings. The van der Waals surface area contributed by atoms with Crippen molar-refractivity contribution in [3.8, 4) is 5.75 Å². The number of guanidine groups is 1. The standard InChI is InChI=1S/C21H35N5O2/c1-17(26-13-14-28-16-18(26)2)15-23-21(22-3)25-11-9-24(10-12-25)19-7-5-6-8-20(19)27-4/h5-8,17-18H,9-16H2,1-4H3,(H,22,23). The monoisotopic (exact) mass is 389 g/mol. The molecule has 0 aliphatic carbocycles. The molecule has 28 heavy (non-hydrogen) atoms. The average Bonchev–Trinajstić information content (AvgIpc) is 2.74. The van der Waals surface area contributed by atoms with Crippen LogP contribution in [0, 0.1) is 0 Å². The summed E-state index contributed by atoms with van der Waals surface area (Å²) in [5.74, 6) is 1.93. The molecule has 2 atom stereocenters. The van der Waals surface area contributed by atoms with Crippen molar-refractivity contribution in [2.24, 2.45) is 4.99 Å². The predicted octanol–water partition coefficient (Wildman–Crippen LogP) is 1.50. The van der Waals surface area contributed by atoms with E-state index in [4.69, 9.17) is 9.47 Å². The number of ether oxygens (including phenoxy) is 2. The largest absolute Gasteiger partial charge is 0.495 e. The van der Waals surface area contributed by atoms with Crippen molar-refractivity contribution in [2.75, 3.05) is 71.5 Å². The first-order chi connectivity index (χ1) is 13.6. The van der Waals surface area contributed by atoms with Crippen LogP contribution in [-0.2, 0) is 4.74 Å². The molecular formula is C21H35N5O2. The lowest BCUT2D eigenvalue weighted by Gasteiger charge is -2.40. The number of para-hydroxylation sites is 2. The van der Waals surface area contributed by atoms with Crippen LogP contribution in [0.5, 0.6) is 5.75 Å². The summed E-state index contributed by atoms with van der Waals surface area (Å²) in [5.41, 5.74) is 1.17. The number of morpholine rings is 1. The summed E-state index contributed by atoms with van der Waals surface area (Å²) >= 11 is 0. The minimum Gasteiger partial charge on any atom is -0.495 e. The van der Waals surface area contributed by atoms with Gasteiger partial charge in [0.05, 0.1) is 26.0 Å². The first-order valence-electron chi connectivity index (χ1n) is 10.3. The summed E-state index contributed by atoms with van der Waals surface area (Å²) in [7, 11) is 3.61. The lowest BCUT2D eigenvalue weighted by atomic mass is 10.2. The first kappa shape index (κ1) is 20.7. The average molecular weight is 390 g/mol. The van der Waals surface area contributed by atoms with Crippen LogP contribution in [0.15, 0.2) is 29.3 Å². The summed E-state index contributed by atoms with van der Waals surface area (Å²) in [6.45, 7) is 11.9. The molecule has 2 heterocycles. The summed E-state index contributed by atoms with van der Waals surface area (Å²) in [4.78, 5) is 11.8. The Labute approximate surface area is 169 Å². The number of piperazine rings is 1. The molecule has 1 aromatic rings. The normalized spacial score (nSPS) is 22.9. The number of benzene rings is 1. The molecule has 2 aliphatic heterocycles. The topological polar surface area (TPSA) is 52.6 Å². The molecular weight excluding hydrogens is 354 g/mol. The Kier molecular flexibility index (Phi) is 7.39. The number of hydrogen-bond donors (Lipinski definition) is 1. The zero-order chi connectivity index (χ0) is 19.9. The van der Waals surface area contributed by atoms with Gasteiger partial charge in [-0.25, -0.2) is 0 Å². The Morgan fingerprint density at radius 2 is 2.00 bits per heavy atom. The minimum absolute atomic E-state index is 0.450. The molecule has 3 rings (SSSR count). The molecule has 1 aromatic carbocycles. The van der Waals surface area contributed by atoms with E-state index in [1.54, 1.807) is 7.11 Å². The molecule has 0 amide bonds. The zero-order valence-corrected chi connectivity index (χ0v) is 17.7. The highest BCUT2D eigenvalue weighted by Crippen LogP contribution is 2.28. The van der Waals surface area contributed by atoms with Gasteiger partial charge in [-0.15, -0.1) is 0 Å². The van der Waals surface area contributed by atoms with Gasteiger partial charge in [0.2, 0.25) is 0 Å². The maximum atomic E-state index is 5.56. The SMILES string of the molecule is CN=C(NCC(C)N1CCOCC1C)N1CCN(c2ccccc2OC)CC1. The molecule has 1 N–H and O–H groups in total. The van der Waals surface area contributed by atoms with Crippen molar-refractivity contribution in [2.45, 2.75) is 25.9 Å². The van der Waals surface area contributed by atoms with Gasteiger partial charge in [-0.05, 0) is 26.0 Å². The maximum absolute atomic E-state index is 5.56. The van der Waals surface area contributed by atoms with E-state index in [1.165, 1.54) is 5.69 Å². The number of methoxy groups -OCH3 is 1. The van der Waals surface area contributed by atoms with Crippen LogP contribution in [-0.4, -0.2) is 94.5 Å². The van der Waals surface area contributed by atoms with E-state index in [-0.39, 0.29) is 0 Å². The van der Waals surface area contributed by atoms with Crippen molar-refractivity contribution in [3.05, 3.63) is 24.3 Å². The van der Waals surface area contributed by atoms with Crippen molar-refractivity contribution in [1.82, 2.24) is 15.1 Å². The molecule has 2 saturated heterocycles. The number of hydrogen-bond acceptors (Lipinski definition) is 5. The Morgan fingerprint density at radius 3 is 2.68 bits per heavy atom. The highest BCUT2D eigenvalue weighted by molar-refractivity contribution is 5.80. The molecule has 7 nitrogen and oxygen atoms in total. The Hall–Kier alpha value is -1.99. The van der Waals surface area contributed by atoms with Crippen LogP contribution in [0.3, 0.4) is 0 Å². The predicted molar refractivity (Wildman–Crippen MR) is 115 cm³/mol. The van der Waals surface area contributed by atoms with Gasteiger partial charge in [-0.1, -0.05) is 12.1 Å². The number of aliphatic imine (C=N–C) groups is 1. The third kappa shape index (κ3) is 4.89. The number of rotatable bonds is 5. The van der Waals surface area contributed by atoms with E-state index in [1.807, 2.05) is 19.2 Å². The van der Waals surface area contributed by atoms with E-state index in [0.29, 0.717) is 12.1 Å². The van der Waals surface area contributed by atoms with Crippen LogP contribution in [0.1, 0.15) is 13.8 Å². The fraction of sp³-hybridized carbons (Fsp3) is 0.667. The second-order valence-corrected chi connectivity index (χ2v) is 7.58. The van der Waals surface area contributed by atoms with E-state index in [0.717, 1.165) is 64.2 Å². The van der Waals surface area contributed by atoms with Crippen molar-refractivity contribution in [1.29, 1.82) is 0 Å². The van der Waals surface area contributed by atoms with Gasteiger partial charge in [0.15, 0.2) is 5.96 Å². The minimum atomic E-state index is 0.450. The van der Waals surface area contributed by atoms with Crippen molar-refractivity contribution >= 4 is 11.6 Å². The van der Waals surface area contributed by atoms with Crippen LogP contribution in [0.25, 0.3) is 0 Å². The maximum Gasteiger partial charge on any atom is 0.193 e. The van der Waals surface area contributed by atoms with E-state index in [2.05, 4.69) is 51.0 Å². The summed E-state index contributed by atoms with van der Waals surface area (Å²) < 4.78 is 11.1. The highest BCUT2D eigenvalue weighted by Gasteiger charge is 2.25. The van der Waals surface area contributed by atoms with Gasteiger partial charge in [0.25, 0.3) is 0 Å². The summed E-state index contributed by atoms with van der Waals surface area (Å²) in [5, 5.41) is 3.58. The summed E-state index contributed by atoms with van der Waals surface area (Å²) in [6.07, 6.45) is 0. The van der Waals surface area contributed by atoms with Gasteiger partial charge < -0.3 is 24.6 Å². The quantitative estimate of drug-likeness (QED) is 0.609. The lowest BCUT2D eigenvalue weighted by Crippen LogP contribution is -2.56. The Bertz CT molecular complexity index is 645. The fourth-order valence-electron chi connectivity index (χ4n) is 4.13. The fourth-order valence-corrected chi connectivity index (χ4v) is 4.13. The van der Waals surface area contributed by atoms with Crippen LogP contribution >= 0.6 is 0 Å². The Morgan fingerprint density at radius 1 is 1.25 bits per heavy atom.